The summed E-state index contributed by atoms with van der Waals surface area (Å²) in [6.45, 7) is 4.26. The average Bonchev–Trinajstić information content (AvgIpc) is 3.12. The largest absolute Gasteiger partial charge is 0.399 e. The second kappa shape index (κ2) is 4.60. The highest BCUT2D eigenvalue weighted by Gasteiger charge is 2.41. The Morgan fingerprint density at radius 2 is 2.00 bits per heavy atom. The summed E-state index contributed by atoms with van der Waals surface area (Å²) in [6.07, 6.45) is 2.38. The molecule has 0 saturated heterocycles. The van der Waals surface area contributed by atoms with Gasteiger partial charge in [0, 0.05) is 11.3 Å². The van der Waals surface area contributed by atoms with Gasteiger partial charge >= 0.3 is 0 Å². The summed E-state index contributed by atoms with van der Waals surface area (Å²) in [5.74, 6) is 1.18. The van der Waals surface area contributed by atoms with Crippen molar-refractivity contribution in [2.24, 2.45) is 5.92 Å². The molecule has 2 N–H and O–H groups in total. The molecule has 0 unspecified atom stereocenters. The van der Waals surface area contributed by atoms with Crippen molar-refractivity contribution < 1.29 is 0 Å². The van der Waals surface area contributed by atoms with Gasteiger partial charge in [-0.2, -0.15) is 0 Å². The van der Waals surface area contributed by atoms with Crippen LogP contribution in [0, 0.1) is 5.92 Å². The van der Waals surface area contributed by atoms with Gasteiger partial charge in [-0.1, -0.05) is 23.2 Å². The quantitative estimate of drug-likeness (QED) is 0.882. The molecule has 1 aromatic carbocycles. The van der Waals surface area contributed by atoms with Crippen LogP contribution >= 0.6 is 23.2 Å². The molecule has 0 atom stereocenters. The van der Waals surface area contributed by atoms with Gasteiger partial charge in [0.25, 0.3) is 0 Å². The van der Waals surface area contributed by atoms with E-state index in [1.54, 1.807) is 12.1 Å². The van der Waals surface area contributed by atoms with Gasteiger partial charge in [0.05, 0.1) is 15.6 Å². The molecule has 0 bridgehead atoms. The van der Waals surface area contributed by atoms with E-state index in [0.717, 1.165) is 0 Å². The zero-order valence-electron chi connectivity index (χ0n) is 11.3. The van der Waals surface area contributed by atoms with Crippen LogP contribution in [-0.4, -0.2) is 20.2 Å². The first-order valence-corrected chi connectivity index (χ1v) is 7.20. The predicted octanol–water partition coefficient (Wildman–Crippen LogP) is 3.37. The average molecular weight is 312 g/mol. The molecule has 20 heavy (non-hydrogen) atoms. The summed E-state index contributed by atoms with van der Waals surface area (Å²) in [7, 11) is 0. The second-order valence-electron chi connectivity index (χ2n) is 5.71. The molecule has 106 valence electrons. The van der Waals surface area contributed by atoms with Crippen LogP contribution in [0.4, 0.5) is 5.69 Å². The Balaban J connectivity index is 2.15. The van der Waals surface area contributed by atoms with Gasteiger partial charge in [-0.05, 0) is 55.2 Å². The van der Waals surface area contributed by atoms with Gasteiger partial charge in [0.15, 0.2) is 5.82 Å². The highest BCUT2D eigenvalue weighted by molar-refractivity contribution is 6.43. The topological polar surface area (TPSA) is 69.6 Å². The molecular formula is C13H15Cl2N5. The summed E-state index contributed by atoms with van der Waals surface area (Å²) in [4.78, 5) is 0. The maximum atomic E-state index is 6.28. The van der Waals surface area contributed by atoms with E-state index in [-0.39, 0.29) is 5.54 Å². The van der Waals surface area contributed by atoms with E-state index in [9.17, 15) is 0 Å². The molecule has 1 aromatic heterocycles. The Kier molecular flexibility index (Phi) is 3.14. The number of nitrogens with zero attached hydrogens (tertiary/aromatic N) is 4. The molecule has 5 nitrogen and oxygen atoms in total. The lowest BCUT2D eigenvalue weighted by Crippen LogP contribution is -2.30. The van der Waals surface area contributed by atoms with E-state index >= 15 is 0 Å². The molecule has 1 saturated carbocycles. The van der Waals surface area contributed by atoms with Crippen LogP contribution in [0.15, 0.2) is 12.1 Å². The lowest BCUT2D eigenvalue weighted by atomic mass is 9.98. The molecule has 0 aliphatic heterocycles. The number of halogens is 2. The Morgan fingerprint density at radius 1 is 1.30 bits per heavy atom. The molecule has 0 radical (unpaired) electrons. The molecule has 1 aliphatic rings. The van der Waals surface area contributed by atoms with Gasteiger partial charge < -0.3 is 5.73 Å². The number of benzene rings is 1. The standard InChI is InChI=1S/C13H15Cl2N5/c1-13(2,7-3-4-7)20-12(17-18-19-20)9-5-8(16)6-10(14)11(9)15/h5-7H,3-4,16H2,1-2H3. The van der Waals surface area contributed by atoms with Crippen molar-refractivity contribution >= 4 is 28.9 Å². The minimum Gasteiger partial charge on any atom is -0.399 e. The highest BCUT2D eigenvalue weighted by atomic mass is 35.5. The van der Waals surface area contributed by atoms with Gasteiger partial charge in [-0.3, -0.25) is 0 Å². The Hall–Kier alpha value is -1.33. The number of anilines is 1. The lowest BCUT2D eigenvalue weighted by Gasteiger charge is -2.25. The van der Waals surface area contributed by atoms with E-state index in [0.29, 0.717) is 33.0 Å². The first-order chi connectivity index (χ1) is 9.41. The fourth-order valence-corrected chi connectivity index (χ4v) is 2.90. The van der Waals surface area contributed by atoms with Crippen molar-refractivity contribution in [2.45, 2.75) is 32.2 Å². The molecule has 7 heteroatoms. The monoisotopic (exact) mass is 311 g/mol. The van der Waals surface area contributed by atoms with Gasteiger partial charge in [0.2, 0.25) is 0 Å². The fourth-order valence-electron chi connectivity index (χ4n) is 2.48. The maximum Gasteiger partial charge on any atom is 0.184 e. The SMILES string of the molecule is CC(C)(C1CC1)n1nnnc1-c1cc(N)cc(Cl)c1Cl. The Bertz CT molecular complexity index is 661. The van der Waals surface area contributed by atoms with Crippen LogP contribution in [-0.2, 0) is 5.54 Å². The van der Waals surface area contributed by atoms with Crippen molar-refractivity contribution in [3.8, 4) is 11.4 Å². The highest BCUT2D eigenvalue weighted by Crippen LogP contribution is 2.45. The van der Waals surface area contributed by atoms with E-state index in [1.165, 1.54) is 12.8 Å². The van der Waals surface area contributed by atoms with E-state index in [2.05, 4.69) is 29.4 Å². The zero-order chi connectivity index (χ0) is 14.5. The number of nitrogens with two attached hydrogens (primary N) is 1. The molecule has 3 rings (SSSR count). The third-order valence-electron chi connectivity index (χ3n) is 3.88. The summed E-state index contributed by atoms with van der Waals surface area (Å²) in [6, 6.07) is 3.37. The third kappa shape index (κ3) is 2.15. The van der Waals surface area contributed by atoms with Gasteiger partial charge in [-0.25, -0.2) is 4.68 Å². The predicted molar refractivity (Wildman–Crippen MR) is 79.7 cm³/mol. The minimum atomic E-state index is -0.154. The van der Waals surface area contributed by atoms with Crippen LogP contribution in [0.5, 0.6) is 0 Å². The number of tetrazole rings is 1. The minimum absolute atomic E-state index is 0.154. The third-order valence-corrected chi connectivity index (χ3v) is 4.69. The number of aromatic nitrogens is 4. The number of nitrogen functional groups attached to an aromatic ring is 1. The van der Waals surface area contributed by atoms with Crippen molar-refractivity contribution in [1.82, 2.24) is 20.2 Å². The first-order valence-electron chi connectivity index (χ1n) is 6.45. The van der Waals surface area contributed by atoms with Crippen molar-refractivity contribution in [3.05, 3.63) is 22.2 Å². The second-order valence-corrected chi connectivity index (χ2v) is 6.49. The van der Waals surface area contributed by atoms with E-state index in [4.69, 9.17) is 28.9 Å². The first kappa shape index (κ1) is 13.6. The normalized spacial score (nSPS) is 15.6. The molecule has 1 aliphatic carbocycles. The summed E-state index contributed by atoms with van der Waals surface area (Å²) in [5, 5.41) is 12.9. The fraction of sp³-hybridized carbons (Fsp3) is 0.462. The van der Waals surface area contributed by atoms with Crippen LogP contribution in [0.2, 0.25) is 10.0 Å². The molecule has 1 fully saturated rings. The van der Waals surface area contributed by atoms with E-state index in [1.807, 2.05) is 4.68 Å². The van der Waals surface area contributed by atoms with Crippen molar-refractivity contribution in [3.63, 3.8) is 0 Å². The number of rotatable bonds is 3. The van der Waals surface area contributed by atoms with Crippen molar-refractivity contribution in [2.75, 3.05) is 5.73 Å². The number of hydrogen-bond donors (Lipinski definition) is 1. The Morgan fingerprint density at radius 3 is 2.65 bits per heavy atom. The summed E-state index contributed by atoms with van der Waals surface area (Å²) >= 11 is 12.4. The van der Waals surface area contributed by atoms with Gasteiger partial charge in [-0.15, -0.1) is 5.10 Å². The number of hydrogen-bond acceptors (Lipinski definition) is 4. The van der Waals surface area contributed by atoms with Crippen LogP contribution in [0.1, 0.15) is 26.7 Å². The molecular weight excluding hydrogens is 297 g/mol. The summed E-state index contributed by atoms with van der Waals surface area (Å²) in [5.41, 5.74) is 6.89. The molecule has 1 heterocycles. The van der Waals surface area contributed by atoms with Crippen LogP contribution in [0.25, 0.3) is 11.4 Å². The van der Waals surface area contributed by atoms with Crippen molar-refractivity contribution in [1.29, 1.82) is 0 Å². The lowest BCUT2D eigenvalue weighted by molar-refractivity contribution is 0.271. The maximum absolute atomic E-state index is 6.28. The van der Waals surface area contributed by atoms with Gasteiger partial charge in [0.1, 0.15) is 0 Å². The van der Waals surface area contributed by atoms with Crippen LogP contribution < -0.4 is 5.73 Å². The zero-order valence-corrected chi connectivity index (χ0v) is 12.8. The Labute approximate surface area is 127 Å². The molecule has 0 spiro atoms. The molecule has 2 aromatic rings. The molecule has 0 amide bonds. The smallest absolute Gasteiger partial charge is 0.184 e. The van der Waals surface area contributed by atoms with Crippen LogP contribution in [0.3, 0.4) is 0 Å². The summed E-state index contributed by atoms with van der Waals surface area (Å²) < 4.78 is 1.82. The van der Waals surface area contributed by atoms with E-state index < -0.39 is 0 Å².